The minimum absolute atomic E-state index is 0.0409. The summed E-state index contributed by atoms with van der Waals surface area (Å²) in [6.45, 7) is 6.17. The smallest absolute Gasteiger partial charge is 0.119 e. The molecule has 1 aromatic heterocycles. The minimum atomic E-state index is -0.116. The Bertz CT molecular complexity index is 528. The lowest BCUT2D eigenvalue weighted by Gasteiger charge is -2.19. The molecule has 5 heteroatoms. The van der Waals surface area contributed by atoms with Gasteiger partial charge in [-0.05, 0) is 32.9 Å². The summed E-state index contributed by atoms with van der Waals surface area (Å²) in [5, 5.41) is 17.6. The molecule has 0 aliphatic carbocycles. The normalized spacial score (nSPS) is 12.3. The first kappa shape index (κ1) is 11.5. The topological polar surface area (TPSA) is 50.9 Å². The molecule has 0 unspecified atom stereocenters. The second kappa shape index (κ2) is 3.82. The van der Waals surface area contributed by atoms with Crippen molar-refractivity contribution >= 4 is 27.0 Å². The molecule has 0 radical (unpaired) electrons. The number of hydrogen-bond donors (Lipinski definition) is 1. The van der Waals surface area contributed by atoms with Crippen LogP contribution in [-0.4, -0.2) is 20.1 Å². The predicted octanol–water partition coefficient (Wildman–Crippen LogP) is 2.44. The van der Waals surface area contributed by atoms with Crippen LogP contribution in [-0.2, 0) is 12.1 Å². The molecule has 0 aliphatic heterocycles. The van der Waals surface area contributed by atoms with Crippen molar-refractivity contribution in [1.29, 1.82) is 0 Å². The number of benzene rings is 1. The van der Waals surface area contributed by atoms with Crippen molar-refractivity contribution in [2.45, 2.75) is 32.9 Å². The molecule has 0 atom stereocenters. The molecule has 0 aliphatic rings. The summed E-state index contributed by atoms with van der Waals surface area (Å²) in [5.74, 6) is 0. The summed E-state index contributed by atoms with van der Waals surface area (Å²) in [6.07, 6.45) is 0. The van der Waals surface area contributed by atoms with E-state index in [0.29, 0.717) is 0 Å². The fraction of sp³-hybridized carbons (Fsp3) is 0.455. The summed E-state index contributed by atoms with van der Waals surface area (Å²) in [5.41, 5.74) is 2.37. The van der Waals surface area contributed by atoms with Crippen molar-refractivity contribution in [3.05, 3.63) is 22.2 Å². The van der Waals surface area contributed by atoms with E-state index in [1.165, 1.54) is 0 Å². The van der Waals surface area contributed by atoms with Gasteiger partial charge in [0.2, 0.25) is 0 Å². The molecule has 16 heavy (non-hydrogen) atoms. The highest BCUT2D eigenvalue weighted by Gasteiger charge is 2.19. The molecular formula is C11H14BrN3O. The number of aliphatic hydroxyl groups is 1. The van der Waals surface area contributed by atoms with Crippen LogP contribution in [0.4, 0.5) is 0 Å². The zero-order chi connectivity index (χ0) is 11.9. The molecule has 1 N–H and O–H groups in total. The van der Waals surface area contributed by atoms with Crippen LogP contribution >= 0.6 is 15.9 Å². The Kier molecular flexibility index (Phi) is 2.75. The first-order chi connectivity index (χ1) is 7.45. The summed E-state index contributed by atoms with van der Waals surface area (Å²) in [6, 6.07) is 3.88. The Morgan fingerprint density at radius 2 is 2.06 bits per heavy atom. The summed E-state index contributed by atoms with van der Waals surface area (Å²) in [4.78, 5) is 0. The van der Waals surface area contributed by atoms with E-state index in [1.807, 2.05) is 16.8 Å². The molecule has 0 fully saturated rings. The van der Waals surface area contributed by atoms with Crippen LogP contribution in [0, 0.1) is 0 Å². The average Bonchev–Trinajstić information content (AvgIpc) is 2.60. The van der Waals surface area contributed by atoms with Crippen molar-refractivity contribution in [2.75, 3.05) is 0 Å². The lowest BCUT2D eigenvalue weighted by molar-refractivity contribution is 0.282. The van der Waals surface area contributed by atoms with Gasteiger partial charge in [-0.1, -0.05) is 21.1 Å². The maximum absolute atomic E-state index is 9.32. The van der Waals surface area contributed by atoms with E-state index in [2.05, 4.69) is 47.0 Å². The highest BCUT2D eigenvalue weighted by molar-refractivity contribution is 9.10. The second-order valence-electron chi connectivity index (χ2n) is 4.72. The van der Waals surface area contributed by atoms with Gasteiger partial charge in [0.15, 0.2) is 0 Å². The number of hydrogen-bond acceptors (Lipinski definition) is 3. The molecule has 1 aromatic carbocycles. The number of aromatic nitrogens is 3. The predicted molar refractivity (Wildman–Crippen MR) is 66.1 cm³/mol. The van der Waals surface area contributed by atoms with Gasteiger partial charge in [-0.3, -0.25) is 0 Å². The third-order valence-electron chi connectivity index (χ3n) is 2.46. The van der Waals surface area contributed by atoms with Gasteiger partial charge in [-0.2, -0.15) is 0 Å². The molecule has 0 amide bonds. The van der Waals surface area contributed by atoms with Crippen molar-refractivity contribution in [3.8, 4) is 0 Å². The van der Waals surface area contributed by atoms with Crippen LogP contribution in [0.25, 0.3) is 11.0 Å². The van der Waals surface area contributed by atoms with Crippen molar-refractivity contribution in [2.24, 2.45) is 0 Å². The Labute approximate surface area is 102 Å². The first-order valence-electron chi connectivity index (χ1n) is 5.09. The van der Waals surface area contributed by atoms with Crippen LogP contribution in [0.2, 0.25) is 0 Å². The van der Waals surface area contributed by atoms with Crippen molar-refractivity contribution < 1.29 is 5.11 Å². The first-order valence-corrected chi connectivity index (χ1v) is 5.88. The number of halogens is 1. The molecular weight excluding hydrogens is 270 g/mol. The average molecular weight is 284 g/mol. The maximum atomic E-state index is 9.32. The van der Waals surface area contributed by atoms with Gasteiger partial charge < -0.3 is 5.11 Å². The van der Waals surface area contributed by atoms with Crippen LogP contribution < -0.4 is 0 Å². The van der Waals surface area contributed by atoms with Gasteiger partial charge in [-0.15, -0.1) is 5.10 Å². The van der Waals surface area contributed by atoms with Crippen LogP contribution in [0.1, 0.15) is 26.3 Å². The lowest BCUT2D eigenvalue weighted by Crippen LogP contribution is -2.23. The fourth-order valence-electron chi connectivity index (χ4n) is 1.67. The minimum Gasteiger partial charge on any atom is -0.392 e. The maximum Gasteiger partial charge on any atom is 0.119 e. The highest BCUT2D eigenvalue weighted by atomic mass is 79.9. The van der Waals surface area contributed by atoms with E-state index in [1.54, 1.807) is 0 Å². The summed E-state index contributed by atoms with van der Waals surface area (Å²) >= 11 is 3.40. The third kappa shape index (κ3) is 1.74. The number of fused-ring (bicyclic) bond motifs is 1. The van der Waals surface area contributed by atoms with Crippen LogP contribution in [0.15, 0.2) is 16.6 Å². The van der Waals surface area contributed by atoms with E-state index >= 15 is 0 Å². The van der Waals surface area contributed by atoms with Gasteiger partial charge in [0, 0.05) is 10.0 Å². The number of aliphatic hydroxyl groups excluding tert-OH is 1. The fourth-order valence-corrected chi connectivity index (χ4v) is 2.11. The van der Waals surface area contributed by atoms with E-state index in [4.69, 9.17) is 0 Å². The molecule has 0 bridgehead atoms. The molecule has 0 saturated carbocycles. The number of nitrogens with zero attached hydrogens (tertiary/aromatic N) is 3. The van der Waals surface area contributed by atoms with Crippen molar-refractivity contribution in [1.82, 2.24) is 15.0 Å². The third-order valence-corrected chi connectivity index (χ3v) is 3.20. The van der Waals surface area contributed by atoms with E-state index in [9.17, 15) is 5.11 Å². The molecule has 0 spiro atoms. The zero-order valence-electron chi connectivity index (χ0n) is 9.53. The van der Waals surface area contributed by atoms with E-state index in [0.717, 1.165) is 21.1 Å². The van der Waals surface area contributed by atoms with Crippen LogP contribution in [0.5, 0.6) is 0 Å². The number of rotatable bonds is 1. The van der Waals surface area contributed by atoms with Crippen molar-refractivity contribution in [3.63, 3.8) is 0 Å². The van der Waals surface area contributed by atoms with E-state index in [-0.39, 0.29) is 12.1 Å². The Balaban J connectivity index is 2.76. The van der Waals surface area contributed by atoms with Gasteiger partial charge in [0.1, 0.15) is 5.52 Å². The molecule has 1 heterocycles. The van der Waals surface area contributed by atoms with E-state index < -0.39 is 0 Å². The second-order valence-corrected chi connectivity index (χ2v) is 5.58. The Morgan fingerprint density at radius 3 is 2.62 bits per heavy atom. The van der Waals surface area contributed by atoms with Gasteiger partial charge in [0.25, 0.3) is 0 Å². The van der Waals surface area contributed by atoms with Gasteiger partial charge in [0.05, 0.1) is 17.7 Å². The molecule has 2 aromatic rings. The lowest BCUT2D eigenvalue weighted by atomic mass is 10.1. The molecule has 4 nitrogen and oxygen atoms in total. The SMILES string of the molecule is CC(C)(C)n1nnc2c(CO)c(Br)ccc21. The molecule has 2 rings (SSSR count). The summed E-state index contributed by atoms with van der Waals surface area (Å²) < 4.78 is 2.73. The van der Waals surface area contributed by atoms with Gasteiger partial charge in [-0.25, -0.2) is 4.68 Å². The largest absolute Gasteiger partial charge is 0.392 e. The quantitative estimate of drug-likeness (QED) is 0.875. The monoisotopic (exact) mass is 283 g/mol. The van der Waals surface area contributed by atoms with Crippen LogP contribution in [0.3, 0.4) is 0 Å². The Morgan fingerprint density at radius 1 is 1.38 bits per heavy atom. The Hall–Kier alpha value is -0.940. The highest BCUT2D eigenvalue weighted by Crippen LogP contribution is 2.27. The molecule has 86 valence electrons. The standard InChI is InChI=1S/C11H14BrN3O/c1-11(2,3)15-9-5-4-8(12)7(6-16)10(9)13-14-15/h4-5,16H,6H2,1-3H3. The zero-order valence-corrected chi connectivity index (χ0v) is 11.1. The van der Waals surface area contributed by atoms with Gasteiger partial charge >= 0.3 is 0 Å². The summed E-state index contributed by atoms with van der Waals surface area (Å²) in [7, 11) is 0. The molecule has 0 saturated heterocycles.